The van der Waals surface area contributed by atoms with Crippen molar-refractivity contribution in [2.24, 2.45) is 142 Å². The van der Waals surface area contributed by atoms with Crippen molar-refractivity contribution in [2.45, 2.75) is 160 Å². The van der Waals surface area contributed by atoms with E-state index in [0.29, 0.717) is 142 Å². The molecule has 5 saturated heterocycles. The van der Waals surface area contributed by atoms with Crippen LogP contribution in [0.25, 0.3) is 0 Å². The summed E-state index contributed by atoms with van der Waals surface area (Å²) in [7, 11) is 0. The summed E-state index contributed by atoms with van der Waals surface area (Å²) in [4.78, 5) is 0. The van der Waals surface area contributed by atoms with Gasteiger partial charge in [-0.05, 0) is 142 Å². The molecule has 9 aliphatic rings. The third kappa shape index (κ3) is 6.66. The first-order chi connectivity index (χ1) is 26.4. The van der Waals surface area contributed by atoms with Crippen molar-refractivity contribution in [3.05, 3.63) is 0 Å². The van der Waals surface area contributed by atoms with Crippen molar-refractivity contribution >= 4 is 0 Å². The minimum absolute atomic E-state index is 0. The molecular weight excluding hydrogens is 760 g/mol. The Morgan fingerprint density at radius 2 is 0.259 bits per heavy atom. The van der Waals surface area contributed by atoms with Crippen molar-refractivity contribution in [1.29, 1.82) is 0 Å². The van der Waals surface area contributed by atoms with E-state index in [1.807, 2.05) is 0 Å². The molecule has 1 radical (unpaired) electrons. The SMILES string of the molecule is CC1C(C)C(C)C2C3NC(NC4NC(NC5NC(NC6NC(N3)C3C(C)C(C)C(C)C(C)C63)C3C(C)C(C)C(C)C(C)C53)C3C(C)C(C)C(C)C(C)C43)C2C1C.O.[Mn]. The van der Waals surface area contributed by atoms with Crippen LogP contribution in [0.4, 0.5) is 0 Å². The first-order valence-corrected chi connectivity index (χ1v) is 24.5. The fourth-order valence-electron chi connectivity index (χ4n) is 17.4. The minimum Gasteiger partial charge on any atom is -0.412 e. The molecule has 9 nitrogen and oxygen atoms in total. The Hall–Kier alpha value is 0.159. The monoisotopic (exact) mass is 850 g/mol. The third-order valence-electron chi connectivity index (χ3n) is 22.5. The summed E-state index contributed by atoms with van der Waals surface area (Å²) >= 11 is 0. The third-order valence-corrected chi connectivity index (χ3v) is 22.5. The molecule has 4 saturated carbocycles. The van der Waals surface area contributed by atoms with Crippen LogP contribution in [-0.2, 0) is 17.1 Å². The van der Waals surface area contributed by atoms with Crippen LogP contribution in [0.3, 0.4) is 0 Å². The molecule has 0 aromatic heterocycles. The zero-order valence-electron chi connectivity index (χ0n) is 39.4. The molecule has 0 aromatic rings. The second-order valence-electron chi connectivity index (χ2n) is 23.5. The number of fused-ring (bicyclic) bond motifs is 20. The van der Waals surface area contributed by atoms with Crippen LogP contribution in [0.1, 0.15) is 111 Å². The van der Waals surface area contributed by atoms with Gasteiger partial charge in [-0.15, -0.1) is 0 Å². The molecule has 0 spiro atoms. The van der Waals surface area contributed by atoms with E-state index in [0.717, 1.165) is 0 Å². The van der Waals surface area contributed by atoms with Crippen LogP contribution < -0.4 is 42.5 Å². The van der Waals surface area contributed by atoms with Gasteiger partial charge in [0.2, 0.25) is 0 Å². The molecule has 0 amide bonds. The van der Waals surface area contributed by atoms with E-state index in [4.69, 9.17) is 0 Å². The van der Waals surface area contributed by atoms with E-state index in [1.54, 1.807) is 0 Å². The normalized spacial score (nSPS) is 63.7. The Balaban J connectivity index is 0.00000256. The van der Waals surface area contributed by atoms with E-state index in [1.165, 1.54) is 0 Å². The summed E-state index contributed by atoms with van der Waals surface area (Å²) in [5.41, 5.74) is 0. The van der Waals surface area contributed by atoms with Gasteiger partial charge in [0.25, 0.3) is 0 Å². The Morgan fingerprint density at radius 1 is 0.172 bits per heavy atom. The predicted molar refractivity (Wildman–Crippen MR) is 234 cm³/mol. The summed E-state index contributed by atoms with van der Waals surface area (Å²) in [5.74, 6) is 15.6. The zero-order chi connectivity index (χ0) is 40.1. The second kappa shape index (κ2) is 16.6. The Bertz CT molecular complexity index is 1140. The first kappa shape index (κ1) is 46.2. The summed E-state index contributed by atoms with van der Waals surface area (Å²) in [6, 6.07) is 0. The van der Waals surface area contributed by atoms with Gasteiger partial charge in [-0.2, -0.15) is 0 Å². The van der Waals surface area contributed by atoms with E-state index < -0.39 is 0 Å². The van der Waals surface area contributed by atoms with Crippen LogP contribution in [0.5, 0.6) is 0 Å². The summed E-state index contributed by atoms with van der Waals surface area (Å²) in [5, 5.41) is 35.6. The molecule has 10 N–H and O–H groups in total. The van der Waals surface area contributed by atoms with Gasteiger partial charge < -0.3 is 5.48 Å². The second-order valence-corrected chi connectivity index (χ2v) is 23.5. The topological polar surface area (TPSA) is 128 Å². The maximum absolute atomic E-state index is 4.49. The van der Waals surface area contributed by atoms with Crippen LogP contribution in [0.15, 0.2) is 0 Å². The Kier molecular flexibility index (Phi) is 13.2. The molecule has 24 unspecified atom stereocenters. The Morgan fingerprint density at radius 3 is 0.345 bits per heavy atom. The van der Waals surface area contributed by atoms with E-state index in [9.17, 15) is 0 Å². The molecule has 335 valence electrons. The molecular formula is C48H90MnN8O. The predicted octanol–water partition coefficient (Wildman–Crippen LogP) is 5.71. The first-order valence-electron chi connectivity index (χ1n) is 24.5. The minimum atomic E-state index is 0. The summed E-state index contributed by atoms with van der Waals surface area (Å²) < 4.78 is 0. The standard InChI is InChI=1S/C48H88N8.Mn.H2O/c1-17-18(2)26(10)34-33(25(17)9)41-49-42(34)54-44-37-29(13)21(5)22(6)30(14)38(37)46(51-44)56-48-40-32(16)24(8)23(7)31(15)39(40)47(52-48)55-45-36-28(12)20(4)19(3)27(11)35(36)43(50-45)53-41;;/h17-56H,1-16H3;;1H2. The number of nitrogens with one attached hydrogen (secondary N) is 8. The average molecular weight is 850 g/mol. The van der Waals surface area contributed by atoms with Gasteiger partial charge in [-0.3, -0.25) is 42.5 Å². The fourth-order valence-corrected chi connectivity index (χ4v) is 17.4. The molecule has 5 heterocycles. The fraction of sp³-hybridized carbons (Fsp3) is 1.00. The van der Waals surface area contributed by atoms with Crippen LogP contribution in [-0.4, -0.2) is 54.8 Å². The van der Waals surface area contributed by atoms with Crippen molar-refractivity contribution in [1.82, 2.24) is 42.5 Å². The number of hydrogen-bond donors (Lipinski definition) is 8. The van der Waals surface area contributed by atoms with Gasteiger partial charge >= 0.3 is 0 Å². The van der Waals surface area contributed by atoms with Gasteiger partial charge in [0.15, 0.2) is 0 Å². The molecule has 10 heteroatoms. The van der Waals surface area contributed by atoms with Crippen LogP contribution in [0.2, 0.25) is 0 Å². The van der Waals surface area contributed by atoms with Gasteiger partial charge in [-0.25, -0.2) is 0 Å². The van der Waals surface area contributed by atoms with E-state index in [2.05, 4.69) is 153 Å². The molecule has 5 aliphatic heterocycles. The maximum atomic E-state index is 4.49. The van der Waals surface area contributed by atoms with Gasteiger partial charge in [-0.1, -0.05) is 111 Å². The summed E-state index contributed by atoms with van der Waals surface area (Å²) in [6.45, 7) is 41.3. The smallest absolute Gasteiger partial charge is 0.0631 e. The quantitative estimate of drug-likeness (QED) is 0.146. The van der Waals surface area contributed by atoms with Crippen molar-refractivity contribution in [2.75, 3.05) is 0 Å². The van der Waals surface area contributed by atoms with E-state index in [-0.39, 0.29) is 71.9 Å². The Labute approximate surface area is 365 Å². The van der Waals surface area contributed by atoms with Gasteiger partial charge in [0, 0.05) is 17.1 Å². The molecule has 4 aliphatic carbocycles. The molecule has 8 bridgehead atoms. The average Bonchev–Trinajstić information content (AvgIpc) is 3.92. The molecule has 9 rings (SSSR count). The summed E-state index contributed by atoms with van der Waals surface area (Å²) in [6.07, 6.45) is 2.22. The molecule has 58 heavy (non-hydrogen) atoms. The van der Waals surface area contributed by atoms with Gasteiger partial charge in [0.05, 0.1) is 49.3 Å². The number of hydrogen-bond acceptors (Lipinski definition) is 8. The van der Waals surface area contributed by atoms with Crippen molar-refractivity contribution in [3.63, 3.8) is 0 Å². The largest absolute Gasteiger partial charge is 0.412 e. The van der Waals surface area contributed by atoms with Crippen LogP contribution in [0, 0.1) is 142 Å². The molecule has 9 fully saturated rings. The van der Waals surface area contributed by atoms with Crippen LogP contribution >= 0.6 is 0 Å². The van der Waals surface area contributed by atoms with Crippen molar-refractivity contribution < 1.29 is 22.5 Å². The number of rotatable bonds is 0. The van der Waals surface area contributed by atoms with E-state index >= 15 is 0 Å². The zero-order valence-corrected chi connectivity index (χ0v) is 40.5. The van der Waals surface area contributed by atoms with Gasteiger partial charge in [0.1, 0.15) is 0 Å². The molecule has 0 aromatic carbocycles. The van der Waals surface area contributed by atoms with Crippen molar-refractivity contribution in [3.8, 4) is 0 Å². The molecule has 24 atom stereocenters. The maximum Gasteiger partial charge on any atom is 0.0631 e.